The molecule has 0 fully saturated rings. The summed E-state index contributed by atoms with van der Waals surface area (Å²) in [5.41, 5.74) is -0.741. The number of fused-ring (bicyclic) bond motifs is 1. The van der Waals surface area contributed by atoms with Gasteiger partial charge in [0.25, 0.3) is 11.5 Å². The summed E-state index contributed by atoms with van der Waals surface area (Å²) in [7, 11) is 0. The number of H-pyrrole nitrogens is 1. The van der Waals surface area contributed by atoms with Crippen molar-refractivity contribution in [2.45, 2.75) is 13.3 Å². The van der Waals surface area contributed by atoms with E-state index in [1.807, 2.05) is 0 Å². The normalized spacial score (nSPS) is 11.4. The zero-order valence-corrected chi connectivity index (χ0v) is 19.8. The first-order chi connectivity index (χ1) is 18.6. The number of anilines is 1. The number of halogens is 4. The van der Waals surface area contributed by atoms with E-state index in [-0.39, 0.29) is 34.3 Å². The fourth-order valence-corrected chi connectivity index (χ4v) is 3.67. The van der Waals surface area contributed by atoms with Gasteiger partial charge in [-0.3, -0.25) is 9.59 Å². The summed E-state index contributed by atoms with van der Waals surface area (Å²) in [6.45, 7) is 1.42. The number of hydrogen-bond donors (Lipinski definition) is 2. The van der Waals surface area contributed by atoms with Crippen LogP contribution in [0.5, 0.6) is 17.4 Å². The van der Waals surface area contributed by atoms with Gasteiger partial charge in [0.05, 0.1) is 5.39 Å². The average Bonchev–Trinajstić information content (AvgIpc) is 3.35. The van der Waals surface area contributed by atoms with Crippen LogP contribution in [0.15, 0.2) is 71.9 Å². The van der Waals surface area contributed by atoms with Crippen LogP contribution in [0.3, 0.4) is 0 Å². The van der Waals surface area contributed by atoms with E-state index in [1.54, 1.807) is 12.3 Å². The number of amides is 1. The van der Waals surface area contributed by atoms with Crippen LogP contribution >= 0.6 is 0 Å². The summed E-state index contributed by atoms with van der Waals surface area (Å²) in [5, 5.41) is 6.95. The number of hydrogen-bond acceptors (Lipinski definition) is 7. The second kappa shape index (κ2) is 9.89. The standard InChI is InChI=1S/C25H16F4N6O4/c1-13-10-20(36)35(17-4-2-3-5-19(17)39-25(27,28)29)34-21(13)23(37)33-14-6-7-18(16(26)11-14)38-24-15-8-9-30-22(15)31-12-32-24/h2-12H,1H3,(H,33,37)(H,30,31,32). The fraction of sp³-hybridized carbons (Fsp3) is 0.0800. The number of aromatic nitrogens is 5. The van der Waals surface area contributed by atoms with Crippen LogP contribution in [0.4, 0.5) is 23.2 Å². The molecule has 0 spiro atoms. The van der Waals surface area contributed by atoms with Gasteiger partial charge in [0, 0.05) is 24.0 Å². The number of aromatic amines is 1. The maximum atomic E-state index is 14.8. The minimum absolute atomic E-state index is 0.0269. The largest absolute Gasteiger partial charge is 0.573 e. The third-order valence-electron chi connectivity index (χ3n) is 5.37. The quantitative estimate of drug-likeness (QED) is 0.294. The minimum atomic E-state index is -5.02. The first kappa shape index (κ1) is 25.4. The van der Waals surface area contributed by atoms with E-state index >= 15 is 0 Å². The van der Waals surface area contributed by atoms with E-state index in [0.717, 1.165) is 18.2 Å². The molecule has 2 N–H and O–H groups in total. The van der Waals surface area contributed by atoms with Crippen LogP contribution in [0.1, 0.15) is 16.1 Å². The molecular formula is C25H16F4N6O4. The molecule has 0 aliphatic heterocycles. The average molecular weight is 540 g/mol. The lowest BCUT2D eigenvalue weighted by atomic mass is 10.2. The number of rotatable bonds is 6. The van der Waals surface area contributed by atoms with E-state index in [2.05, 4.69) is 30.1 Å². The van der Waals surface area contributed by atoms with Gasteiger partial charge in [0.1, 0.15) is 17.7 Å². The highest BCUT2D eigenvalue weighted by molar-refractivity contribution is 6.03. The van der Waals surface area contributed by atoms with E-state index in [1.165, 1.54) is 43.6 Å². The first-order valence-electron chi connectivity index (χ1n) is 11.1. The number of carbonyl (C=O) groups is 1. The molecular weight excluding hydrogens is 524 g/mol. The summed E-state index contributed by atoms with van der Waals surface area (Å²) in [5.74, 6) is -2.39. The van der Waals surface area contributed by atoms with Gasteiger partial charge < -0.3 is 19.8 Å². The number of carbonyl (C=O) groups excluding carboxylic acids is 1. The van der Waals surface area contributed by atoms with Crippen molar-refractivity contribution in [3.8, 4) is 23.1 Å². The Hall–Kier alpha value is -5.27. The van der Waals surface area contributed by atoms with Gasteiger partial charge in [0.2, 0.25) is 5.88 Å². The van der Waals surface area contributed by atoms with Gasteiger partial charge >= 0.3 is 6.36 Å². The van der Waals surface area contributed by atoms with Crippen LogP contribution in [-0.4, -0.2) is 37.0 Å². The molecule has 0 aliphatic carbocycles. The molecule has 0 bridgehead atoms. The molecule has 14 heteroatoms. The molecule has 0 radical (unpaired) electrons. The smallest absolute Gasteiger partial charge is 0.435 e. The number of alkyl halides is 3. The van der Waals surface area contributed by atoms with Gasteiger partial charge in [0.15, 0.2) is 23.0 Å². The van der Waals surface area contributed by atoms with Crippen molar-refractivity contribution < 1.29 is 31.8 Å². The van der Waals surface area contributed by atoms with Crippen LogP contribution in [0, 0.1) is 12.7 Å². The van der Waals surface area contributed by atoms with Crippen molar-refractivity contribution in [3.05, 3.63) is 94.5 Å². The molecule has 0 atom stereocenters. The Morgan fingerprint density at radius 1 is 1.05 bits per heavy atom. The number of aryl methyl sites for hydroxylation is 1. The molecule has 5 aromatic rings. The Balaban J connectivity index is 1.40. The summed E-state index contributed by atoms with van der Waals surface area (Å²) >= 11 is 0. The van der Waals surface area contributed by atoms with Gasteiger partial charge in [-0.2, -0.15) is 9.78 Å². The zero-order chi connectivity index (χ0) is 27.7. The van der Waals surface area contributed by atoms with Crippen LogP contribution < -0.4 is 20.3 Å². The van der Waals surface area contributed by atoms with E-state index in [4.69, 9.17) is 4.74 Å². The Labute approximate surface area is 215 Å². The summed E-state index contributed by atoms with van der Waals surface area (Å²) < 4.78 is 63.5. The van der Waals surface area contributed by atoms with E-state index in [9.17, 15) is 27.2 Å². The predicted octanol–water partition coefficient (Wildman–Crippen LogP) is 4.89. The lowest BCUT2D eigenvalue weighted by molar-refractivity contribution is -0.274. The molecule has 1 amide bonds. The van der Waals surface area contributed by atoms with Gasteiger partial charge in [-0.25, -0.2) is 14.4 Å². The molecule has 0 unspecified atom stereocenters. The number of nitrogens with zero attached hydrogens (tertiary/aromatic N) is 4. The molecule has 3 heterocycles. The molecule has 0 aliphatic rings. The molecule has 0 saturated carbocycles. The molecule has 10 nitrogen and oxygen atoms in total. The monoisotopic (exact) mass is 540 g/mol. The third-order valence-corrected chi connectivity index (χ3v) is 5.37. The highest BCUT2D eigenvalue weighted by Crippen LogP contribution is 2.30. The second-order valence-electron chi connectivity index (χ2n) is 8.06. The van der Waals surface area contributed by atoms with Crippen molar-refractivity contribution in [1.82, 2.24) is 24.7 Å². The molecule has 2 aromatic carbocycles. The molecule has 198 valence electrons. The third kappa shape index (κ3) is 5.39. The maximum Gasteiger partial charge on any atom is 0.573 e. The summed E-state index contributed by atoms with van der Waals surface area (Å²) in [6.07, 6.45) is -2.14. The minimum Gasteiger partial charge on any atom is -0.435 e. The van der Waals surface area contributed by atoms with E-state index in [0.29, 0.717) is 15.7 Å². The van der Waals surface area contributed by atoms with Crippen LogP contribution in [-0.2, 0) is 0 Å². The number of para-hydroxylation sites is 2. The number of ether oxygens (including phenoxy) is 2. The Bertz CT molecular complexity index is 1770. The highest BCUT2D eigenvalue weighted by Gasteiger charge is 2.32. The highest BCUT2D eigenvalue weighted by atomic mass is 19.4. The second-order valence-corrected chi connectivity index (χ2v) is 8.06. The molecule has 5 rings (SSSR count). The van der Waals surface area contributed by atoms with Crippen LogP contribution in [0.25, 0.3) is 16.7 Å². The predicted molar refractivity (Wildman–Crippen MR) is 130 cm³/mol. The Kier molecular flexibility index (Phi) is 6.44. The summed E-state index contributed by atoms with van der Waals surface area (Å²) in [6, 6.07) is 11.2. The Morgan fingerprint density at radius 3 is 2.62 bits per heavy atom. The first-order valence-corrected chi connectivity index (χ1v) is 11.1. The fourth-order valence-electron chi connectivity index (χ4n) is 3.67. The van der Waals surface area contributed by atoms with Crippen molar-refractivity contribution in [3.63, 3.8) is 0 Å². The summed E-state index contributed by atoms with van der Waals surface area (Å²) in [4.78, 5) is 36.4. The molecule has 39 heavy (non-hydrogen) atoms. The van der Waals surface area contributed by atoms with Gasteiger partial charge in [-0.05, 0) is 42.8 Å². The maximum absolute atomic E-state index is 14.8. The van der Waals surface area contributed by atoms with E-state index < -0.39 is 29.4 Å². The number of nitrogens with one attached hydrogen (secondary N) is 2. The molecule has 0 saturated heterocycles. The zero-order valence-electron chi connectivity index (χ0n) is 19.8. The SMILES string of the molecule is Cc1cc(=O)n(-c2ccccc2OC(F)(F)F)nc1C(=O)Nc1ccc(Oc2ncnc3[nH]ccc23)c(F)c1. The van der Waals surface area contributed by atoms with Gasteiger partial charge in [-0.15, -0.1) is 13.2 Å². The van der Waals surface area contributed by atoms with Crippen molar-refractivity contribution >= 4 is 22.6 Å². The van der Waals surface area contributed by atoms with Crippen molar-refractivity contribution in [2.24, 2.45) is 0 Å². The number of benzene rings is 2. The van der Waals surface area contributed by atoms with Gasteiger partial charge in [-0.1, -0.05) is 12.1 Å². The lowest BCUT2D eigenvalue weighted by Crippen LogP contribution is -2.28. The topological polar surface area (TPSA) is 124 Å². The van der Waals surface area contributed by atoms with Crippen LogP contribution in [0.2, 0.25) is 0 Å². The molecule has 3 aromatic heterocycles. The van der Waals surface area contributed by atoms with Crippen molar-refractivity contribution in [1.29, 1.82) is 0 Å². The Morgan fingerprint density at radius 2 is 1.85 bits per heavy atom. The van der Waals surface area contributed by atoms with Crippen molar-refractivity contribution in [2.75, 3.05) is 5.32 Å². The lowest BCUT2D eigenvalue weighted by Gasteiger charge is -2.15.